The molecule has 1 heteroatoms. The van der Waals surface area contributed by atoms with Crippen molar-refractivity contribution >= 4 is 0 Å². The predicted octanol–water partition coefficient (Wildman–Crippen LogP) is 4.61. The van der Waals surface area contributed by atoms with E-state index in [1.54, 1.807) is 0 Å². The number of hydrogen-bond acceptors (Lipinski definition) is 1. The molecule has 1 heterocycles. The maximum Gasteiger partial charge on any atom is 0.0751 e. The Labute approximate surface area is 111 Å². The normalized spacial score (nSPS) is 42.2. The van der Waals surface area contributed by atoms with Crippen molar-refractivity contribution in [1.82, 2.24) is 0 Å². The first-order chi connectivity index (χ1) is 8.89. The lowest BCUT2D eigenvalue weighted by molar-refractivity contribution is -0.170. The highest BCUT2D eigenvalue weighted by atomic mass is 16.5. The molecule has 1 aliphatic heterocycles. The van der Waals surface area contributed by atoms with E-state index in [2.05, 4.69) is 6.08 Å². The van der Waals surface area contributed by atoms with Gasteiger partial charge in [-0.3, -0.25) is 0 Å². The summed E-state index contributed by atoms with van der Waals surface area (Å²) in [4.78, 5) is 0. The van der Waals surface area contributed by atoms with Crippen LogP contribution in [0.2, 0.25) is 0 Å². The molecule has 0 aromatic rings. The van der Waals surface area contributed by atoms with Crippen molar-refractivity contribution in [2.24, 2.45) is 11.8 Å². The number of rotatable bonds is 0. The molecule has 0 aromatic carbocycles. The first kappa shape index (κ1) is 11.5. The fraction of sp³-hybridized carbons (Fsp3) is 0.882. The zero-order chi connectivity index (χ0) is 12.0. The van der Waals surface area contributed by atoms with Crippen molar-refractivity contribution in [3.05, 3.63) is 11.6 Å². The molecule has 3 aliphatic carbocycles. The number of ether oxygens (including phenoxy) is 1. The van der Waals surface area contributed by atoms with E-state index in [0.29, 0.717) is 6.10 Å². The summed E-state index contributed by atoms with van der Waals surface area (Å²) in [7, 11) is 0. The van der Waals surface area contributed by atoms with Gasteiger partial charge in [-0.05, 0) is 44.9 Å². The van der Waals surface area contributed by atoms with Gasteiger partial charge in [0.2, 0.25) is 0 Å². The Balaban J connectivity index is 1.71. The highest BCUT2D eigenvalue weighted by Gasteiger charge is 2.52. The van der Waals surface area contributed by atoms with E-state index in [-0.39, 0.29) is 5.60 Å². The molecule has 4 rings (SSSR count). The Morgan fingerprint density at radius 3 is 2.67 bits per heavy atom. The third kappa shape index (κ3) is 1.62. The molecule has 2 saturated carbocycles. The van der Waals surface area contributed by atoms with E-state index in [0.717, 1.165) is 11.8 Å². The van der Waals surface area contributed by atoms with Crippen LogP contribution in [0, 0.1) is 11.8 Å². The molecule has 0 radical (unpaired) electrons. The van der Waals surface area contributed by atoms with Gasteiger partial charge in [0.05, 0.1) is 11.7 Å². The minimum atomic E-state index is 0.282. The standard InChI is InChI=1S/C17H26O/c1-3-9-15-13(7-1)14-8-2-4-10-16(14)18-17(15)11-5-6-12-17/h7,14-16H,1-6,8-12H2/t14-,15?,16?/m1/s1. The molecule has 0 N–H and O–H groups in total. The highest BCUT2D eigenvalue weighted by molar-refractivity contribution is 5.24. The molecule has 1 spiro atoms. The Morgan fingerprint density at radius 1 is 0.944 bits per heavy atom. The Kier molecular flexibility index (Phi) is 2.80. The summed E-state index contributed by atoms with van der Waals surface area (Å²) < 4.78 is 6.77. The van der Waals surface area contributed by atoms with Crippen molar-refractivity contribution < 1.29 is 4.74 Å². The molecular weight excluding hydrogens is 220 g/mol. The van der Waals surface area contributed by atoms with Crippen LogP contribution in [0.4, 0.5) is 0 Å². The molecule has 100 valence electrons. The van der Waals surface area contributed by atoms with E-state index in [9.17, 15) is 0 Å². The molecule has 0 bridgehead atoms. The van der Waals surface area contributed by atoms with Crippen LogP contribution in [0.5, 0.6) is 0 Å². The summed E-state index contributed by atoms with van der Waals surface area (Å²) >= 11 is 0. The quantitative estimate of drug-likeness (QED) is 0.567. The zero-order valence-electron chi connectivity index (χ0n) is 11.5. The van der Waals surface area contributed by atoms with Gasteiger partial charge in [0, 0.05) is 11.8 Å². The summed E-state index contributed by atoms with van der Waals surface area (Å²) in [6, 6.07) is 0. The van der Waals surface area contributed by atoms with Crippen LogP contribution >= 0.6 is 0 Å². The number of hydrogen-bond donors (Lipinski definition) is 0. The molecular formula is C17H26O. The van der Waals surface area contributed by atoms with Crippen molar-refractivity contribution in [2.75, 3.05) is 0 Å². The minimum absolute atomic E-state index is 0.282. The van der Waals surface area contributed by atoms with Crippen LogP contribution < -0.4 is 0 Å². The topological polar surface area (TPSA) is 9.23 Å². The van der Waals surface area contributed by atoms with E-state index >= 15 is 0 Å². The predicted molar refractivity (Wildman–Crippen MR) is 73.5 cm³/mol. The van der Waals surface area contributed by atoms with Gasteiger partial charge in [0.15, 0.2) is 0 Å². The van der Waals surface area contributed by atoms with Crippen LogP contribution in [0.1, 0.15) is 70.6 Å². The fourth-order valence-electron chi connectivity index (χ4n) is 5.32. The van der Waals surface area contributed by atoms with Crippen LogP contribution in [0.3, 0.4) is 0 Å². The van der Waals surface area contributed by atoms with Crippen LogP contribution in [-0.2, 0) is 4.74 Å². The fourth-order valence-corrected chi connectivity index (χ4v) is 5.32. The molecule has 0 amide bonds. The summed E-state index contributed by atoms with van der Waals surface area (Å²) in [5.41, 5.74) is 2.13. The van der Waals surface area contributed by atoms with Crippen molar-refractivity contribution in [3.63, 3.8) is 0 Å². The van der Waals surface area contributed by atoms with Gasteiger partial charge in [-0.15, -0.1) is 0 Å². The first-order valence-corrected chi connectivity index (χ1v) is 8.27. The van der Waals surface area contributed by atoms with Crippen molar-refractivity contribution in [2.45, 2.75) is 82.3 Å². The SMILES string of the molecule is C1=C2C(CCC1)C1(CCCC1)OC1CCCC[C@H]21. The lowest BCUT2D eigenvalue weighted by atomic mass is 9.64. The molecule has 3 fully saturated rings. The third-order valence-electron chi connectivity index (χ3n) is 6.08. The first-order valence-electron chi connectivity index (χ1n) is 8.27. The lowest BCUT2D eigenvalue weighted by Crippen LogP contribution is -2.52. The van der Waals surface area contributed by atoms with Gasteiger partial charge in [-0.25, -0.2) is 0 Å². The van der Waals surface area contributed by atoms with Gasteiger partial charge in [0.1, 0.15) is 0 Å². The van der Waals surface area contributed by atoms with Gasteiger partial charge in [0.25, 0.3) is 0 Å². The summed E-state index contributed by atoms with van der Waals surface area (Å²) in [6.45, 7) is 0. The van der Waals surface area contributed by atoms with Gasteiger partial charge in [-0.2, -0.15) is 0 Å². The van der Waals surface area contributed by atoms with E-state index in [1.807, 2.05) is 5.57 Å². The van der Waals surface area contributed by atoms with Gasteiger partial charge >= 0.3 is 0 Å². The summed E-state index contributed by atoms with van der Waals surface area (Å²) in [5.74, 6) is 1.60. The second kappa shape index (κ2) is 4.37. The van der Waals surface area contributed by atoms with E-state index in [1.165, 1.54) is 70.6 Å². The molecule has 4 aliphatic rings. The Hall–Kier alpha value is -0.300. The maximum absolute atomic E-state index is 6.77. The van der Waals surface area contributed by atoms with Crippen molar-refractivity contribution in [1.29, 1.82) is 0 Å². The van der Waals surface area contributed by atoms with Crippen LogP contribution in [0.25, 0.3) is 0 Å². The molecule has 18 heavy (non-hydrogen) atoms. The van der Waals surface area contributed by atoms with Crippen LogP contribution in [0.15, 0.2) is 11.6 Å². The summed E-state index contributed by atoms with van der Waals surface area (Å²) in [6.07, 6.45) is 18.4. The lowest BCUT2D eigenvalue weighted by Gasteiger charge is -2.53. The molecule has 1 saturated heterocycles. The molecule has 3 atom stereocenters. The van der Waals surface area contributed by atoms with E-state index in [4.69, 9.17) is 4.74 Å². The monoisotopic (exact) mass is 246 g/mol. The maximum atomic E-state index is 6.77. The second-order valence-electron chi connectivity index (χ2n) is 7.01. The third-order valence-corrected chi connectivity index (χ3v) is 6.08. The smallest absolute Gasteiger partial charge is 0.0751 e. The van der Waals surface area contributed by atoms with E-state index < -0.39 is 0 Å². The largest absolute Gasteiger partial charge is 0.371 e. The van der Waals surface area contributed by atoms with Gasteiger partial charge in [-0.1, -0.05) is 37.3 Å². The second-order valence-corrected chi connectivity index (χ2v) is 7.01. The van der Waals surface area contributed by atoms with Crippen molar-refractivity contribution in [3.8, 4) is 0 Å². The number of fused-ring (bicyclic) bond motifs is 4. The Bertz CT molecular complexity index is 351. The zero-order valence-corrected chi connectivity index (χ0v) is 11.5. The minimum Gasteiger partial charge on any atom is -0.371 e. The molecule has 2 unspecified atom stereocenters. The van der Waals surface area contributed by atoms with Crippen LogP contribution in [-0.4, -0.2) is 11.7 Å². The molecule has 0 aromatic heterocycles. The average Bonchev–Trinajstić information content (AvgIpc) is 2.89. The number of allylic oxidation sites excluding steroid dienone is 1. The van der Waals surface area contributed by atoms with Gasteiger partial charge < -0.3 is 4.74 Å². The average molecular weight is 246 g/mol. The highest BCUT2D eigenvalue weighted by Crippen LogP contribution is 2.55. The Morgan fingerprint density at radius 2 is 1.78 bits per heavy atom. The molecule has 1 nitrogen and oxygen atoms in total. The summed E-state index contributed by atoms with van der Waals surface area (Å²) in [5, 5.41) is 0.